The molecule has 1 aliphatic rings. The van der Waals surface area contributed by atoms with E-state index in [9.17, 15) is 19.5 Å². The molecule has 0 bridgehead atoms. The van der Waals surface area contributed by atoms with Crippen LogP contribution >= 0.6 is 35.0 Å². The number of nitrogens with zero attached hydrogens (tertiary/aromatic N) is 2. The van der Waals surface area contributed by atoms with Crippen molar-refractivity contribution in [3.63, 3.8) is 0 Å². The first kappa shape index (κ1) is 24.1. The molecule has 2 aromatic rings. The summed E-state index contributed by atoms with van der Waals surface area (Å²) in [7, 11) is 0. The number of rotatable bonds is 6. The lowest BCUT2D eigenvalue weighted by Gasteiger charge is -2.15. The van der Waals surface area contributed by atoms with Gasteiger partial charge in [-0.25, -0.2) is 14.7 Å². The zero-order valence-electron chi connectivity index (χ0n) is 16.4. The van der Waals surface area contributed by atoms with Gasteiger partial charge in [-0.05, 0) is 43.4 Å². The number of anilines is 1. The average molecular weight is 470 g/mol. The van der Waals surface area contributed by atoms with Gasteiger partial charge in [-0.15, -0.1) is 0 Å². The van der Waals surface area contributed by atoms with Gasteiger partial charge in [0.1, 0.15) is 5.03 Å². The Balaban J connectivity index is 0.000000575. The van der Waals surface area contributed by atoms with E-state index in [1.165, 1.54) is 36.5 Å². The Labute approximate surface area is 188 Å². The van der Waals surface area contributed by atoms with E-state index in [0.29, 0.717) is 10.7 Å². The smallest absolute Gasteiger partial charge is 0.338 e. The molecule has 0 saturated carbocycles. The van der Waals surface area contributed by atoms with E-state index in [1.54, 1.807) is 0 Å². The number of imide groups is 1. The molecular weight excluding hydrogens is 449 g/mol. The molecule has 1 saturated heterocycles. The number of aromatic carboxylic acids is 1. The summed E-state index contributed by atoms with van der Waals surface area (Å²) in [6.45, 7) is 6.39. The van der Waals surface area contributed by atoms with Crippen LogP contribution in [-0.2, 0) is 9.59 Å². The number of carboxylic acid groups (broad SMARTS) is 1. The van der Waals surface area contributed by atoms with Crippen molar-refractivity contribution < 1.29 is 19.5 Å². The molecule has 160 valence electrons. The fourth-order valence-electron chi connectivity index (χ4n) is 2.62. The lowest BCUT2D eigenvalue weighted by molar-refractivity contribution is -0.121. The number of aromatic nitrogens is 1. The van der Waals surface area contributed by atoms with E-state index in [2.05, 4.69) is 24.1 Å². The van der Waals surface area contributed by atoms with Gasteiger partial charge in [0.15, 0.2) is 0 Å². The van der Waals surface area contributed by atoms with E-state index in [1.807, 2.05) is 0 Å². The summed E-state index contributed by atoms with van der Waals surface area (Å²) in [6, 6.07) is 7.37. The first-order valence-electron chi connectivity index (χ1n) is 9.17. The zero-order valence-corrected chi connectivity index (χ0v) is 18.7. The molecule has 0 aliphatic carbocycles. The summed E-state index contributed by atoms with van der Waals surface area (Å²) >= 11 is 12.8. The Hall–Kier alpha value is -2.13. The molecular formula is C20H21Cl2N3O4S. The lowest BCUT2D eigenvalue weighted by Crippen LogP contribution is -2.31. The van der Waals surface area contributed by atoms with Crippen LogP contribution in [0.5, 0.6) is 0 Å². The first-order valence-corrected chi connectivity index (χ1v) is 10.8. The molecule has 1 fully saturated rings. The zero-order chi connectivity index (χ0) is 22.3. The van der Waals surface area contributed by atoms with Gasteiger partial charge in [0, 0.05) is 12.6 Å². The van der Waals surface area contributed by atoms with Crippen LogP contribution in [0.25, 0.3) is 0 Å². The van der Waals surface area contributed by atoms with Crippen LogP contribution in [0.1, 0.15) is 30.6 Å². The van der Waals surface area contributed by atoms with Crippen molar-refractivity contribution in [2.24, 2.45) is 0 Å². The number of carbonyl (C=O) groups is 3. The highest BCUT2D eigenvalue weighted by molar-refractivity contribution is 8.00. The number of amides is 2. The largest absolute Gasteiger partial charge is 0.478 e. The molecule has 2 amide bonds. The number of hydrogen-bond donors (Lipinski definition) is 2. The van der Waals surface area contributed by atoms with Crippen LogP contribution < -0.4 is 10.2 Å². The molecule has 1 aromatic heterocycles. The van der Waals surface area contributed by atoms with Gasteiger partial charge >= 0.3 is 5.97 Å². The van der Waals surface area contributed by atoms with Crippen molar-refractivity contribution in [2.75, 3.05) is 18.0 Å². The van der Waals surface area contributed by atoms with Crippen LogP contribution in [0, 0.1) is 0 Å². The molecule has 10 heteroatoms. The predicted molar refractivity (Wildman–Crippen MR) is 119 cm³/mol. The van der Waals surface area contributed by atoms with E-state index in [4.69, 9.17) is 23.2 Å². The lowest BCUT2D eigenvalue weighted by atomic mass is 10.3. The number of benzene rings is 1. The Kier molecular flexibility index (Phi) is 9.10. The molecule has 30 heavy (non-hydrogen) atoms. The molecule has 0 spiro atoms. The van der Waals surface area contributed by atoms with Gasteiger partial charge in [0.05, 0.1) is 26.5 Å². The van der Waals surface area contributed by atoms with Crippen LogP contribution in [-0.4, -0.2) is 46.2 Å². The van der Waals surface area contributed by atoms with E-state index in [0.717, 1.165) is 29.8 Å². The van der Waals surface area contributed by atoms with E-state index < -0.39 is 23.0 Å². The molecule has 2 N–H and O–H groups in total. The van der Waals surface area contributed by atoms with E-state index in [-0.39, 0.29) is 22.0 Å². The number of hydrogen-bond acceptors (Lipinski definition) is 6. The third kappa shape index (κ3) is 5.95. The molecule has 3 rings (SSSR count). The topological polar surface area (TPSA) is 99.6 Å². The van der Waals surface area contributed by atoms with E-state index >= 15 is 0 Å². The SMILES string of the molecule is CCNCC.O=C(O)c1cccnc1SC1CC(=O)N(c2ccc(Cl)c(Cl)c2)C1=O. The Morgan fingerprint density at radius 2 is 1.93 bits per heavy atom. The van der Waals surface area contributed by atoms with Crippen molar-refractivity contribution in [1.29, 1.82) is 0 Å². The Morgan fingerprint density at radius 1 is 1.23 bits per heavy atom. The number of thioether (sulfide) groups is 1. The average Bonchev–Trinajstić information content (AvgIpc) is 2.98. The van der Waals surface area contributed by atoms with Crippen molar-refractivity contribution in [1.82, 2.24) is 10.3 Å². The third-order valence-corrected chi connectivity index (χ3v) is 5.96. The maximum absolute atomic E-state index is 12.6. The molecule has 1 unspecified atom stereocenters. The van der Waals surface area contributed by atoms with Crippen LogP contribution in [0.15, 0.2) is 41.6 Å². The second-order valence-electron chi connectivity index (χ2n) is 6.09. The van der Waals surface area contributed by atoms with Crippen LogP contribution in [0.2, 0.25) is 10.0 Å². The molecule has 0 radical (unpaired) electrons. The second kappa shape index (κ2) is 11.3. The third-order valence-electron chi connectivity index (χ3n) is 4.02. The molecule has 7 nitrogen and oxygen atoms in total. The normalized spacial score (nSPS) is 15.7. The first-order chi connectivity index (χ1) is 14.3. The maximum atomic E-state index is 12.6. The fraction of sp³-hybridized carbons (Fsp3) is 0.300. The fourth-order valence-corrected chi connectivity index (χ4v) is 4.02. The predicted octanol–water partition coefficient (Wildman–Crippen LogP) is 4.13. The number of carboxylic acids is 1. The molecule has 1 aliphatic heterocycles. The summed E-state index contributed by atoms with van der Waals surface area (Å²) < 4.78 is 0. The van der Waals surface area contributed by atoms with Crippen LogP contribution in [0.3, 0.4) is 0 Å². The van der Waals surface area contributed by atoms with Gasteiger partial charge in [-0.2, -0.15) is 0 Å². The minimum Gasteiger partial charge on any atom is -0.478 e. The number of pyridine rings is 1. The summed E-state index contributed by atoms with van der Waals surface area (Å²) in [4.78, 5) is 41.2. The van der Waals surface area contributed by atoms with Gasteiger partial charge < -0.3 is 10.4 Å². The quantitative estimate of drug-likeness (QED) is 0.613. The summed E-state index contributed by atoms with van der Waals surface area (Å²) in [5.41, 5.74) is 0.313. The summed E-state index contributed by atoms with van der Waals surface area (Å²) in [5.74, 6) is -1.99. The van der Waals surface area contributed by atoms with Crippen molar-refractivity contribution in [3.05, 3.63) is 52.1 Å². The standard InChI is InChI=1S/C16H10Cl2N2O4S.C4H11N/c17-10-4-3-8(6-11(10)18)20-13(21)7-12(15(20)22)25-14-9(16(23)24)2-1-5-19-14;1-3-5-4-2/h1-6,12H,7H2,(H,23,24);5H,3-4H2,1-2H3. The molecule has 1 aromatic carbocycles. The van der Waals surface area contributed by atoms with Gasteiger partial charge in [-0.1, -0.05) is 48.8 Å². The highest BCUT2D eigenvalue weighted by Crippen LogP contribution is 2.36. The highest BCUT2D eigenvalue weighted by Gasteiger charge is 2.41. The maximum Gasteiger partial charge on any atom is 0.338 e. The van der Waals surface area contributed by atoms with Crippen LogP contribution in [0.4, 0.5) is 5.69 Å². The highest BCUT2D eigenvalue weighted by atomic mass is 35.5. The minimum atomic E-state index is -1.14. The van der Waals surface area contributed by atoms with Gasteiger partial charge in [0.2, 0.25) is 11.8 Å². The number of nitrogens with one attached hydrogen (secondary N) is 1. The number of halogens is 2. The van der Waals surface area contributed by atoms with Gasteiger partial charge in [-0.3, -0.25) is 9.59 Å². The Morgan fingerprint density at radius 3 is 2.50 bits per heavy atom. The minimum absolute atomic E-state index is 0.0132. The molecule has 1 atom stereocenters. The summed E-state index contributed by atoms with van der Waals surface area (Å²) in [5, 5.41) is 12.3. The van der Waals surface area contributed by atoms with Gasteiger partial charge in [0.25, 0.3) is 0 Å². The Bertz CT molecular complexity index is 940. The second-order valence-corrected chi connectivity index (χ2v) is 8.10. The molecule has 2 heterocycles. The number of carbonyl (C=O) groups excluding carboxylic acids is 2. The van der Waals surface area contributed by atoms with Crippen molar-refractivity contribution in [3.8, 4) is 0 Å². The van der Waals surface area contributed by atoms with Crippen molar-refractivity contribution >= 4 is 58.4 Å². The summed E-state index contributed by atoms with van der Waals surface area (Å²) in [6.07, 6.45) is 1.38. The van der Waals surface area contributed by atoms with Crippen molar-refractivity contribution in [2.45, 2.75) is 30.5 Å². The monoisotopic (exact) mass is 469 g/mol.